The Kier molecular flexibility index (Phi) is 16.6. The number of phenols is 1. The number of aliphatic carboxylic acids is 1. The molecule has 60 heavy (non-hydrogen) atoms. The van der Waals surface area contributed by atoms with E-state index in [9.17, 15) is 43.8 Å². The highest BCUT2D eigenvalue weighted by atomic mass is 16.6. The van der Waals surface area contributed by atoms with E-state index >= 15 is 0 Å². The summed E-state index contributed by atoms with van der Waals surface area (Å²) < 4.78 is 5.44. The summed E-state index contributed by atoms with van der Waals surface area (Å²) in [6.45, 7) is 5.19. The molecule has 0 fully saturated rings. The van der Waals surface area contributed by atoms with Gasteiger partial charge in [0, 0.05) is 36.5 Å². The van der Waals surface area contributed by atoms with Crippen molar-refractivity contribution in [3.63, 3.8) is 0 Å². The maximum atomic E-state index is 14.1. The second-order valence-corrected chi connectivity index (χ2v) is 15.3. The average molecular weight is 828 g/mol. The van der Waals surface area contributed by atoms with Crippen molar-refractivity contribution in [1.29, 1.82) is 0 Å². The predicted octanol–water partition coefficient (Wildman–Crippen LogP) is 2.50. The third-order valence-electron chi connectivity index (χ3n) is 9.24. The number of ether oxygens (including phenoxy) is 1. The Balaban J connectivity index is 1.53. The van der Waals surface area contributed by atoms with E-state index in [0.717, 1.165) is 10.9 Å². The van der Waals surface area contributed by atoms with Crippen molar-refractivity contribution in [1.82, 2.24) is 31.6 Å². The number of phenolic OH excluding ortho intramolecular Hbond substituents is 1. The zero-order chi connectivity index (χ0) is 43.8. The Morgan fingerprint density at radius 3 is 2.00 bits per heavy atom. The van der Waals surface area contributed by atoms with Crippen molar-refractivity contribution in [2.75, 3.05) is 6.54 Å². The third kappa shape index (κ3) is 15.1. The lowest BCUT2D eigenvalue weighted by Gasteiger charge is -2.27. The number of nitrogens with two attached hydrogens (primary N) is 1. The summed E-state index contributed by atoms with van der Waals surface area (Å²) >= 11 is 0. The topological polar surface area (TPSA) is 271 Å². The molecule has 0 unspecified atom stereocenters. The highest BCUT2D eigenvalue weighted by molar-refractivity contribution is 5.97. The molecular formula is C43H53N7O10. The van der Waals surface area contributed by atoms with Crippen LogP contribution < -0.4 is 32.3 Å². The minimum absolute atomic E-state index is 0.00226. The largest absolute Gasteiger partial charge is 0.508 e. The number of unbranched alkanes of at least 4 members (excludes halogenated alkanes) is 1. The van der Waals surface area contributed by atoms with Crippen molar-refractivity contribution in [3.05, 3.63) is 102 Å². The lowest BCUT2D eigenvalue weighted by Crippen LogP contribution is -2.59. The molecule has 0 radical (unpaired) electrons. The summed E-state index contributed by atoms with van der Waals surface area (Å²) in [4.78, 5) is 94.6. The number of H-pyrrole nitrogens is 1. The fourth-order valence-corrected chi connectivity index (χ4v) is 6.28. The van der Waals surface area contributed by atoms with E-state index in [1.54, 1.807) is 69.4 Å². The van der Waals surface area contributed by atoms with Gasteiger partial charge in [0.25, 0.3) is 0 Å². The Hall–Kier alpha value is -6.91. The number of carboxylic acids is 1. The van der Waals surface area contributed by atoms with Crippen molar-refractivity contribution in [3.8, 4) is 5.75 Å². The summed E-state index contributed by atoms with van der Waals surface area (Å²) in [6.07, 6.45) is 0.591. The van der Waals surface area contributed by atoms with E-state index in [2.05, 4.69) is 31.6 Å². The second-order valence-electron chi connectivity index (χ2n) is 15.3. The molecule has 0 bridgehead atoms. The number of nitrogens with one attached hydrogen (secondary N) is 6. The van der Waals surface area contributed by atoms with Crippen LogP contribution in [0.2, 0.25) is 0 Å². The molecule has 0 saturated heterocycles. The average Bonchev–Trinajstić information content (AvgIpc) is 3.59. The molecule has 320 valence electrons. The molecule has 4 atom stereocenters. The number of alkyl carbamates (subject to hydrolysis) is 1. The summed E-state index contributed by atoms with van der Waals surface area (Å²) in [6, 6.07) is 16.7. The Labute approximate surface area is 347 Å². The zero-order valence-electron chi connectivity index (χ0n) is 33.8. The van der Waals surface area contributed by atoms with Crippen LogP contribution in [0.5, 0.6) is 5.75 Å². The predicted molar refractivity (Wildman–Crippen MR) is 221 cm³/mol. The second kappa shape index (κ2) is 21.7. The number of aromatic nitrogens is 1. The van der Waals surface area contributed by atoms with E-state index < -0.39 is 71.9 Å². The minimum atomic E-state index is -1.69. The van der Waals surface area contributed by atoms with E-state index in [-0.39, 0.29) is 50.3 Å². The molecule has 0 aliphatic rings. The normalized spacial score (nSPS) is 13.2. The van der Waals surface area contributed by atoms with Crippen LogP contribution in [-0.2, 0) is 52.8 Å². The highest BCUT2D eigenvalue weighted by Crippen LogP contribution is 2.20. The monoisotopic (exact) mass is 827 g/mol. The number of aromatic hydroxyl groups is 1. The smallest absolute Gasteiger partial charge is 0.408 e. The molecule has 4 aromatic rings. The summed E-state index contributed by atoms with van der Waals surface area (Å²) in [5.74, 6) is -5.20. The molecular weight excluding hydrogens is 775 g/mol. The van der Waals surface area contributed by atoms with E-state index in [0.29, 0.717) is 23.1 Å². The number of aromatic amines is 1. The van der Waals surface area contributed by atoms with Gasteiger partial charge < -0.3 is 52.3 Å². The fourth-order valence-electron chi connectivity index (χ4n) is 6.28. The van der Waals surface area contributed by atoms with Gasteiger partial charge in [0.15, 0.2) is 0 Å². The van der Waals surface area contributed by atoms with Crippen LogP contribution in [0.3, 0.4) is 0 Å². The number of amides is 6. The highest BCUT2D eigenvalue weighted by Gasteiger charge is 2.33. The van der Waals surface area contributed by atoms with Crippen LogP contribution in [0.1, 0.15) is 63.1 Å². The van der Waals surface area contributed by atoms with Crippen molar-refractivity contribution < 1.29 is 48.5 Å². The van der Waals surface area contributed by atoms with E-state index in [1.807, 2.05) is 24.3 Å². The van der Waals surface area contributed by atoms with Crippen LogP contribution in [0.4, 0.5) is 4.79 Å². The lowest BCUT2D eigenvalue weighted by atomic mass is 10.0. The van der Waals surface area contributed by atoms with Gasteiger partial charge in [-0.2, -0.15) is 0 Å². The van der Waals surface area contributed by atoms with Gasteiger partial charge in [-0.1, -0.05) is 60.7 Å². The molecule has 6 amide bonds. The van der Waals surface area contributed by atoms with Gasteiger partial charge in [0.1, 0.15) is 35.5 Å². The summed E-state index contributed by atoms with van der Waals surface area (Å²) in [5, 5.41) is 33.0. The molecule has 17 heteroatoms. The number of hydrogen-bond acceptors (Lipinski definition) is 9. The standard InChI is InChI=1S/C43H53N7O10/c1-43(2,3)60-42(59)50-34(23-28-25-46-31-14-8-7-13-30(28)31)40(57)47-32(15-9-10-20-45-36(52)22-27-16-18-29(51)19-17-27)39(56)49-35(24-37(53)54)41(58)48-33(38(44)55)21-26-11-5-4-6-12-26/h4-8,11-14,16-19,25,32-35,46,51H,9-10,15,20-24H2,1-3H3,(H2,44,55)(H,45,52)(H,47,57)(H,48,58)(H,49,56)(H,50,59)(H,53,54)/t32-,33-,34-,35-/m0/s1. The van der Waals surface area contributed by atoms with Gasteiger partial charge in [-0.25, -0.2) is 4.79 Å². The molecule has 17 nitrogen and oxygen atoms in total. The lowest BCUT2D eigenvalue weighted by molar-refractivity contribution is -0.141. The van der Waals surface area contributed by atoms with Gasteiger partial charge in [0.05, 0.1) is 12.8 Å². The number of carboxylic acid groups (broad SMARTS) is 1. The molecule has 4 rings (SSSR count). The maximum absolute atomic E-state index is 14.1. The Morgan fingerprint density at radius 2 is 1.33 bits per heavy atom. The molecule has 3 aromatic carbocycles. The van der Waals surface area contributed by atoms with Crippen LogP contribution in [0.25, 0.3) is 10.9 Å². The van der Waals surface area contributed by atoms with Crippen molar-refractivity contribution in [2.24, 2.45) is 5.73 Å². The third-order valence-corrected chi connectivity index (χ3v) is 9.24. The van der Waals surface area contributed by atoms with E-state index in [1.165, 1.54) is 12.1 Å². The van der Waals surface area contributed by atoms with E-state index in [4.69, 9.17) is 10.5 Å². The van der Waals surface area contributed by atoms with Crippen LogP contribution in [0, 0.1) is 0 Å². The van der Waals surface area contributed by atoms with Gasteiger partial charge >= 0.3 is 12.1 Å². The summed E-state index contributed by atoms with van der Waals surface area (Å²) in [7, 11) is 0. The molecule has 1 aromatic heterocycles. The first-order chi connectivity index (χ1) is 28.5. The minimum Gasteiger partial charge on any atom is -0.508 e. The summed E-state index contributed by atoms with van der Waals surface area (Å²) in [5.41, 5.74) is 7.51. The molecule has 0 aliphatic carbocycles. The number of carbonyl (C=O) groups excluding carboxylic acids is 6. The van der Waals surface area contributed by atoms with Crippen LogP contribution in [-0.4, -0.2) is 93.1 Å². The SMILES string of the molecule is CC(C)(C)OC(=O)N[C@@H](Cc1c[nH]c2ccccc12)C(=O)N[C@@H](CCCCNC(=O)Cc1ccc(O)cc1)C(=O)N[C@@H](CC(=O)O)C(=O)N[C@@H](Cc1ccccc1)C(N)=O. The Bertz CT molecular complexity index is 2120. The molecule has 0 spiro atoms. The molecule has 10 N–H and O–H groups in total. The Morgan fingerprint density at radius 1 is 0.717 bits per heavy atom. The zero-order valence-corrected chi connectivity index (χ0v) is 33.8. The molecule has 0 saturated carbocycles. The quantitative estimate of drug-likeness (QED) is 0.0554. The fraction of sp³-hybridized carbons (Fsp3) is 0.372. The first kappa shape index (κ1) is 45.8. The van der Waals surface area contributed by atoms with Gasteiger partial charge in [0.2, 0.25) is 29.5 Å². The molecule has 1 heterocycles. The van der Waals surface area contributed by atoms with Gasteiger partial charge in [-0.05, 0) is 74.9 Å². The van der Waals surface area contributed by atoms with Gasteiger partial charge in [-0.15, -0.1) is 0 Å². The van der Waals surface area contributed by atoms with Crippen molar-refractivity contribution in [2.45, 2.75) is 95.5 Å². The van der Waals surface area contributed by atoms with Crippen LogP contribution in [0.15, 0.2) is 85.1 Å². The maximum Gasteiger partial charge on any atom is 0.408 e. The first-order valence-corrected chi connectivity index (χ1v) is 19.5. The number of primary amides is 1. The number of para-hydroxylation sites is 1. The number of rotatable bonds is 21. The first-order valence-electron chi connectivity index (χ1n) is 19.5. The van der Waals surface area contributed by atoms with Crippen LogP contribution >= 0.6 is 0 Å². The number of benzene rings is 3. The number of carbonyl (C=O) groups is 7. The molecule has 0 aliphatic heterocycles. The number of fused-ring (bicyclic) bond motifs is 1. The number of hydrogen-bond donors (Lipinski definition) is 9. The van der Waals surface area contributed by atoms with Crippen molar-refractivity contribution >= 4 is 52.5 Å². The van der Waals surface area contributed by atoms with Gasteiger partial charge in [-0.3, -0.25) is 28.8 Å².